The number of halogens is 2. The molecule has 3 rings (SSSR count). The molecule has 2 aromatic rings. The molecule has 1 amide bonds. The standard InChI is InChI=1S/C19H20F2N2O3S/c20-15-5-8-17(18(21)13-15)19(24)22-10-9-14-3-6-16(7-4-14)27(25,26)23-11-1-2-12-23/h3-8,13H,1-2,9-12H2,(H,22,24). The Morgan fingerprint density at radius 1 is 1.04 bits per heavy atom. The molecule has 0 radical (unpaired) electrons. The molecule has 144 valence electrons. The summed E-state index contributed by atoms with van der Waals surface area (Å²) in [6.07, 6.45) is 2.22. The van der Waals surface area contributed by atoms with Gasteiger partial charge < -0.3 is 5.32 Å². The lowest BCUT2D eigenvalue weighted by molar-refractivity contribution is 0.0950. The van der Waals surface area contributed by atoms with Gasteiger partial charge in [-0.05, 0) is 49.1 Å². The average Bonchev–Trinajstić information content (AvgIpc) is 3.17. The molecular weight excluding hydrogens is 374 g/mol. The maximum atomic E-state index is 13.6. The fraction of sp³-hybridized carbons (Fsp3) is 0.316. The van der Waals surface area contributed by atoms with E-state index in [9.17, 15) is 22.0 Å². The Balaban J connectivity index is 1.56. The Labute approximate surface area is 157 Å². The van der Waals surface area contributed by atoms with Crippen LogP contribution in [0.2, 0.25) is 0 Å². The first kappa shape index (κ1) is 19.4. The molecule has 1 fully saturated rings. The summed E-state index contributed by atoms with van der Waals surface area (Å²) in [5.74, 6) is -2.28. The predicted octanol–water partition coefficient (Wildman–Crippen LogP) is 2.72. The monoisotopic (exact) mass is 394 g/mol. The van der Waals surface area contributed by atoms with Crippen molar-refractivity contribution in [3.63, 3.8) is 0 Å². The second-order valence-corrected chi connectivity index (χ2v) is 8.32. The summed E-state index contributed by atoms with van der Waals surface area (Å²) in [6.45, 7) is 1.35. The Kier molecular flexibility index (Phi) is 5.86. The number of benzene rings is 2. The zero-order valence-corrected chi connectivity index (χ0v) is 15.4. The van der Waals surface area contributed by atoms with Gasteiger partial charge in [-0.15, -0.1) is 0 Å². The largest absolute Gasteiger partial charge is 0.352 e. The fourth-order valence-corrected chi connectivity index (χ4v) is 4.51. The van der Waals surface area contributed by atoms with Gasteiger partial charge >= 0.3 is 0 Å². The van der Waals surface area contributed by atoms with Gasteiger partial charge in [0.25, 0.3) is 5.91 Å². The molecule has 1 heterocycles. The average molecular weight is 394 g/mol. The minimum Gasteiger partial charge on any atom is -0.352 e. The number of hydrogen-bond donors (Lipinski definition) is 1. The smallest absolute Gasteiger partial charge is 0.254 e. The lowest BCUT2D eigenvalue weighted by Gasteiger charge is -2.15. The molecule has 1 saturated heterocycles. The van der Waals surface area contributed by atoms with Crippen LogP contribution in [0.3, 0.4) is 0 Å². The highest BCUT2D eigenvalue weighted by Crippen LogP contribution is 2.21. The third kappa shape index (κ3) is 4.51. The van der Waals surface area contributed by atoms with Crippen LogP contribution in [-0.4, -0.2) is 38.3 Å². The van der Waals surface area contributed by atoms with Gasteiger partial charge in [0.1, 0.15) is 11.6 Å². The summed E-state index contributed by atoms with van der Waals surface area (Å²) >= 11 is 0. The Hall–Kier alpha value is -2.32. The fourth-order valence-electron chi connectivity index (χ4n) is 2.99. The number of sulfonamides is 1. The van der Waals surface area contributed by atoms with Gasteiger partial charge in [-0.1, -0.05) is 12.1 Å². The van der Waals surface area contributed by atoms with E-state index in [2.05, 4.69) is 5.32 Å². The van der Waals surface area contributed by atoms with Crippen LogP contribution in [0.25, 0.3) is 0 Å². The van der Waals surface area contributed by atoms with Crippen molar-refractivity contribution in [1.82, 2.24) is 9.62 Å². The number of carbonyl (C=O) groups is 1. The molecule has 0 bridgehead atoms. The van der Waals surface area contributed by atoms with E-state index < -0.39 is 27.6 Å². The second-order valence-electron chi connectivity index (χ2n) is 6.39. The molecule has 8 heteroatoms. The van der Waals surface area contributed by atoms with Crippen molar-refractivity contribution in [2.75, 3.05) is 19.6 Å². The second kappa shape index (κ2) is 8.14. The van der Waals surface area contributed by atoms with E-state index in [0.717, 1.165) is 30.5 Å². The predicted molar refractivity (Wildman–Crippen MR) is 96.8 cm³/mol. The lowest BCUT2D eigenvalue weighted by Crippen LogP contribution is -2.28. The Morgan fingerprint density at radius 2 is 1.70 bits per heavy atom. The van der Waals surface area contributed by atoms with Gasteiger partial charge in [0.2, 0.25) is 10.0 Å². The SMILES string of the molecule is O=C(NCCc1ccc(S(=O)(=O)N2CCCC2)cc1)c1ccc(F)cc1F. The molecule has 5 nitrogen and oxygen atoms in total. The van der Waals surface area contributed by atoms with Crippen LogP contribution in [0.15, 0.2) is 47.4 Å². The molecule has 1 aliphatic heterocycles. The van der Waals surface area contributed by atoms with Gasteiger partial charge in [-0.2, -0.15) is 4.31 Å². The number of nitrogens with zero attached hydrogens (tertiary/aromatic N) is 1. The maximum Gasteiger partial charge on any atom is 0.254 e. The van der Waals surface area contributed by atoms with Crippen molar-refractivity contribution in [2.24, 2.45) is 0 Å². The Morgan fingerprint density at radius 3 is 2.33 bits per heavy atom. The van der Waals surface area contributed by atoms with Gasteiger partial charge in [0.05, 0.1) is 10.5 Å². The summed E-state index contributed by atoms with van der Waals surface area (Å²) in [6, 6.07) is 9.31. The summed E-state index contributed by atoms with van der Waals surface area (Å²) in [4.78, 5) is 12.2. The summed E-state index contributed by atoms with van der Waals surface area (Å²) in [5, 5.41) is 2.57. The quantitative estimate of drug-likeness (QED) is 0.819. The van der Waals surface area contributed by atoms with Gasteiger partial charge in [-0.3, -0.25) is 4.79 Å². The summed E-state index contributed by atoms with van der Waals surface area (Å²) in [7, 11) is -3.44. The van der Waals surface area contributed by atoms with Crippen molar-refractivity contribution in [2.45, 2.75) is 24.2 Å². The molecular formula is C19H20F2N2O3S. The molecule has 0 atom stereocenters. The first-order valence-corrected chi connectivity index (χ1v) is 10.1. The van der Waals surface area contributed by atoms with Gasteiger partial charge in [0.15, 0.2) is 0 Å². The molecule has 1 aliphatic rings. The van der Waals surface area contributed by atoms with Crippen molar-refractivity contribution >= 4 is 15.9 Å². The third-order valence-electron chi connectivity index (χ3n) is 4.50. The number of amides is 1. The molecule has 2 aromatic carbocycles. The van der Waals surface area contributed by atoms with Gasteiger partial charge in [-0.25, -0.2) is 17.2 Å². The summed E-state index contributed by atoms with van der Waals surface area (Å²) in [5.41, 5.74) is 0.624. The van der Waals surface area contributed by atoms with E-state index in [0.29, 0.717) is 25.6 Å². The van der Waals surface area contributed by atoms with Crippen LogP contribution >= 0.6 is 0 Å². The molecule has 0 aromatic heterocycles. The highest BCUT2D eigenvalue weighted by molar-refractivity contribution is 7.89. The minimum absolute atomic E-state index is 0.219. The lowest BCUT2D eigenvalue weighted by atomic mass is 10.1. The summed E-state index contributed by atoms with van der Waals surface area (Å²) < 4.78 is 52.9. The van der Waals surface area contributed by atoms with E-state index in [1.54, 1.807) is 24.3 Å². The van der Waals surface area contributed by atoms with Crippen LogP contribution in [-0.2, 0) is 16.4 Å². The molecule has 1 N–H and O–H groups in total. The van der Waals surface area contributed by atoms with E-state index in [4.69, 9.17) is 0 Å². The zero-order valence-electron chi connectivity index (χ0n) is 14.6. The first-order chi connectivity index (χ1) is 12.9. The van der Waals surface area contributed by atoms with Crippen molar-refractivity contribution in [1.29, 1.82) is 0 Å². The van der Waals surface area contributed by atoms with E-state index in [1.807, 2.05) is 0 Å². The van der Waals surface area contributed by atoms with Crippen LogP contribution in [0, 0.1) is 11.6 Å². The van der Waals surface area contributed by atoms with Gasteiger partial charge in [0, 0.05) is 25.7 Å². The van der Waals surface area contributed by atoms with E-state index >= 15 is 0 Å². The number of rotatable bonds is 6. The van der Waals surface area contributed by atoms with Crippen LogP contribution in [0.4, 0.5) is 8.78 Å². The molecule has 0 aliphatic carbocycles. The highest BCUT2D eigenvalue weighted by Gasteiger charge is 2.26. The van der Waals surface area contributed by atoms with E-state index in [-0.39, 0.29) is 17.0 Å². The third-order valence-corrected chi connectivity index (χ3v) is 6.41. The first-order valence-electron chi connectivity index (χ1n) is 8.70. The normalized spacial score (nSPS) is 15.0. The highest BCUT2D eigenvalue weighted by atomic mass is 32.2. The van der Waals surface area contributed by atoms with Crippen molar-refractivity contribution < 1.29 is 22.0 Å². The van der Waals surface area contributed by atoms with Crippen molar-refractivity contribution in [3.05, 3.63) is 65.2 Å². The molecule has 0 spiro atoms. The molecule has 0 saturated carbocycles. The topological polar surface area (TPSA) is 66.5 Å². The number of nitrogens with one attached hydrogen (secondary N) is 1. The molecule has 27 heavy (non-hydrogen) atoms. The maximum absolute atomic E-state index is 13.6. The molecule has 0 unspecified atom stereocenters. The van der Waals surface area contributed by atoms with E-state index in [1.165, 1.54) is 4.31 Å². The Bertz CT molecular complexity index is 924. The minimum atomic E-state index is -3.44. The van der Waals surface area contributed by atoms with Crippen LogP contribution in [0.1, 0.15) is 28.8 Å². The van der Waals surface area contributed by atoms with Crippen LogP contribution < -0.4 is 5.32 Å². The number of carbonyl (C=O) groups excluding carboxylic acids is 1. The zero-order chi connectivity index (χ0) is 19.4. The van der Waals surface area contributed by atoms with Crippen molar-refractivity contribution in [3.8, 4) is 0 Å². The number of hydrogen-bond acceptors (Lipinski definition) is 3. The van der Waals surface area contributed by atoms with Crippen LogP contribution in [0.5, 0.6) is 0 Å².